The quantitative estimate of drug-likeness (QED) is 0.544. The van der Waals surface area contributed by atoms with Crippen LogP contribution in [0.15, 0.2) is 53.1 Å². The lowest BCUT2D eigenvalue weighted by Crippen LogP contribution is -2.27. The maximum absolute atomic E-state index is 12.4. The van der Waals surface area contributed by atoms with Crippen molar-refractivity contribution >= 4 is 17.5 Å². The van der Waals surface area contributed by atoms with Gasteiger partial charge in [0.1, 0.15) is 11.8 Å². The Kier molecular flexibility index (Phi) is 5.81. The zero-order valence-electron chi connectivity index (χ0n) is 16.2. The molecule has 1 atom stereocenters. The van der Waals surface area contributed by atoms with Crippen molar-refractivity contribution in [3.05, 3.63) is 65.0 Å². The lowest BCUT2D eigenvalue weighted by atomic mass is 10.1. The molecule has 1 aliphatic rings. The van der Waals surface area contributed by atoms with Gasteiger partial charge in [-0.25, -0.2) is 0 Å². The van der Waals surface area contributed by atoms with Crippen molar-refractivity contribution in [2.24, 2.45) is 0 Å². The maximum atomic E-state index is 12.4. The fourth-order valence-electron chi connectivity index (χ4n) is 3.43. The number of amides is 1. The monoisotopic (exact) mass is 411 g/mol. The van der Waals surface area contributed by atoms with Crippen molar-refractivity contribution in [3.8, 4) is 17.1 Å². The highest BCUT2D eigenvalue weighted by Crippen LogP contribution is 2.34. The highest BCUT2D eigenvalue weighted by Gasteiger charge is 2.36. The van der Waals surface area contributed by atoms with Crippen molar-refractivity contribution in [3.63, 3.8) is 0 Å². The van der Waals surface area contributed by atoms with E-state index < -0.39 is 0 Å². The molecule has 1 saturated heterocycles. The molecule has 150 valence electrons. The molecule has 6 nitrogen and oxygen atoms in total. The predicted octanol–water partition coefficient (Wildman–Crippen LogP) is 5.04. The summed E-state index contributed by atoms with van der Waals surface area (Å²) in [6.45, 7) is 3.22. The molecule has 0 aliphatic carbocycles. The van der Waals surface area contributed by atoms with Gasteiger partial charge in [-0.2, -0.15) is 4.98 Å². The predicted molar refractivity (Wildman–Crippen MR) is 109 cm³/mol. The molecule has 1 amide bonds. The third-order valence-corrected chi connectivity index (χ3v) is 5.12. The van der Waals surface area contributed by atoms with E-state index in [1.165, 1.54) is 0 Å². The van der Waals surface area contributed by atoms with Crippen LogP contribution in [0.5, 0.6) is 5.75 Å². The molecule has 2 heterocycles. The van der Waals surface area contributed by atoms with E-state index in [-0.39, 0.29) is 11.9 Å². The van der Waals surface area contributed by atoms with Crippen LogP contribution in [0.3, 0.4) is 0 Å². The van der Waals surface area contributed by atoms with Crippen molar-refractivity contribution < 1.29 is 14.1 Å². The Labute approximate surface area is 174 Å². The maximum Gasteiger partial charge on any atom is 0.249 e. The number of ether oxygens (including phenoxy) is 1. The molecule has 3 aromatic rings. The molecule has 1 aliphatic heterocycles. The SMILES string of the molecule is CCCOc1ccc(-c2noc(C3CCC(=O)N3Cc3cccc(Cl)c3)n2)cc1. The normalized spacial score (nSPS) is 16.4. The molecule has 0 saturated carbocycles. The van der Waals surface area contributed by atoms with Crippen LogP contribution in [0.2, 0.25) is 5.02 Å². The van der Waals surface area contributed by atoms with Crippen LogP contribution in [0.1, 0.15) is 43.7 Å². The Morgan fingerprint density at radius 1 is 1.24 bits per heavy atom. The average Bonchev–Trinajstić information content (AvgIpc) is 3.34. The van der Waals surface area contributed by atoms with Gasteiger partial charge in [-0.3, -0.25) is 4.79 Å². The lowest BCUT2D eigenvalue weighted by molar-refractivity contribution is -0.129. The van der Waals surface area contributed by atoms with Crippen LogP contribution in [0.25, 0.3) is 11.4 Å². The van der Waals surface area contributed by atoms with Crippen molar-refractivity contribution in [1.82, 2.24) is 15.0 Å². The van der Waals surface area contributed by atoms with Gasteiger partial charge in [0, 0.05) is 23.6 Å². The average molecular weight is 412 g/mol. The largest absolute Gasteiger partial charge is 0.494 e. The molecule has 0 N–H and O–H groups in total. The topological polar surface area (TPSA) is 68.5 Å². The summed E-state index contributed by atoms with van der Waals surface area (Å²) in [6.07, 6.45) is 2.08. The van der Waals surface area contributed by atoms with Gasteiger partial charge >= 0.3 is 0 Å². The summed E-state index contributed by atoms with van der Waals surface area (Å²) in [7, 11) is 0. The molecule has 7 heteroatoms. The van der Waals surface area contributed by atoms with Gasteiger partial charge in [0.05, 0.1) is 6.61 Å². The lowest BCUT2D eigenvalue weighted by Gasteiger charge is -2.22. The Bertz CT molecular complexity index is 987. The molecule has 4 rings (SSSR count). The summed E-state index contributed by atoms with van der Waals surface area (Å²) in [5.74, 6) is 1.85. The fourth-order valence-corrected chi connectivity index (χ4v) is 3.64. The number of carbonyl (C=O) groups excluding carboxylic acids is 1. The Balaban J connectivity index is 1.51. The van der Waals surface area contributed by atoms with Crippen molar-refractivity contribution in [2.75, 3.05) is 6.61 Å². The zero-order chi connectivity index (χ0) is 20.2. The number of rotatable bonds is 7. The molecule has 0 spiro atoms. The van der Waals surface area contributed by atoms with Gasteiger partial charge in [0.15, 0.2) is 0 Å². The number of aromatic nitrogens is 2. The molecule has 29 heavy (non-hydrogen) atoms. The second kappa shape index (κ2) is 8.66. The molecule has 1 fully saturated rings. The van der Waals surface area contributed by atoms with Crippen molar-refractivity contribution in [1.29, 1.82) is 0 Å². The van der Waals surface area contributed by atoms with Crippen LogP contribution in [-0.2, 0) is 11.3 Å². The number of likely N-dealkylation sites (tertiary alicyclic amines) is 1. The molecule has 0 bridgehead atoms. The molecular formula is C22H22ClN3O3. The van der Waals surface area contributed by atoms with Gasteiger partial charge < -0.3 is 14.2 Å². The first-order valence-electron chi connectivity index (χ1n) is 9.75. The summed E-state index contributed by atoms with van der Waals surface area (Å²) in [5, 5.41) is 4.77. The van der Waals surface area contributed by atoms with Gasteiger partial charge in [-0.15, -0.1) is 0 Å². The first-order chi connectivity index (χ1) is 14.1. The molecular weight excluding hydrogens is 390 g/mol. The van der Waals surface area contributed by atoms with E-state index >= 15 is 0 Å². The highest BCUT2D eigenvalue weighted by molar-refractivity contribution is 6.30. The summed E-state index contributed by atoms with van der Waals surface area (Å²) < 4.78 is 11.1. The number of halogens is 1. The summed E-state index contributed by atoms with van der Waals surface area (Å²) in [6, 6.07) is 14.9. The standard InChI is InChI=1S/C22H22ClN3O3/c1-2-12-28-18-8-6-16(7-9-18)21-24-22(29-25-21)19-10-11-20(27)26(19)14-15-4-3-5-17(23)13-15/h3-9,13,19H,2,10-12,14H2,1H3. The second-order valence-electron chi connectivity index (χ2n) is 7.04. The number of hydrogen-bond acceptors (Lipinski definition) is 5. The van der Waals surface area contributed by atoms with Crippen molar-refractivity contribution in [2.45, 2.75) is 38.8 Å². The van der Waals surface area contributed by atoms with E-state index in [1.807, 2.05) is 48.5 Å². The summed E-state index contributed by atoms with van der Waals surface area (Å²) in [4.78, 5) is 18.8. The van der Waals surface area contributed by atoms with Crippen LogP contribution in [-0.4, -0.2) is 27.6 Å². The Hall–Kier alpha value is -2.86. The number of hydrogen-bond donors (Lipinski definition) is 0. The highest BCUT2D eigenvalue weighted by atomic mass is 35.5. The Morgan fingerprint density at radius 3 is 2.83 bits per heavy atom. The van der Waals surface area contributed by atoms with Gasteiger partial charge in [-0.05, 0) is 54.8 Å². The first-order valence-corrected chi connectivity index (χ1v) is 10.1. The van der Waals surface area contributed by atoms with Gasteiger partial charge in [0.2, 0.25) is 17.6 Å². The van der Waals surface area contributed by atoms with E-state index in [2.05, 4.69) is 17.1 Å². The minimum atomic E-state index is -0.227. The third-order valence-electron chi connectivity index (χ3n) is 4.88. The smallest absolute Gasteiger partial charge is 0.249 e. The van der Waals surface area contributed by atoms with E-state index in [4.69, 9.17) is 20.9 Å². The van der Waals surface area contributed by atoms with Crippen LogP contribution in [0.4, 0.5) is 0 Å². The summed E-state index contributed by atoms with van der Waals surface area (Å²) in [5.41, 5.74) is 1.81. The molecule has 0 radical (unpaired) electrons. The fraction of sp³-hybridized carbons (Fsp3) is 0.318. The molecule has 1 unspecified atom stereocenters. The Morgan fingerprint density at radius 2 is 2.07 bits per heavy atom. The third kappa shape index (κ3) is 4.43. The number of nitrogens with zero attached hydrogens (tertiary/aromatic N) is 3. The van der Waals surface area contributed by atoms with E-state index in [0.29, 0.717) is 42.7 Å². The van der Waals surface area contributed by atoms with Gasteiger partial charge in [-0.1, -0.05) is 35.8 Å². The van der Waals surface area contributed by atoms with Gasteiger partial charge in [0.25, 0.3) is 0 Å². The van der Waals surface area contributed by atoms with Crippen LogP contribution < -0.4 is 4.74 Å². The second-order valence-corrected chi connectivity index (χ2v) is 7.47. The van der Waals surface area contributed by atoms with E-state index in [0.717, 1.165) is 23.3 Å². The number of benzene rings is 2. The first kappa shape index (κ1) is 19.5. The minimum Gasteiger partial charge on any atom is -0.494 e. The number of carbonyl (C=O) groups is 1. The molecule has 1 aromatic heterocycles. The zero-order valence-corrected chi connectivity index (χ0v) is 16.9. The minimum absolute atomic E-state index is 0.0761. The molecule has 2 aromatic carbocycles. The van der Waals surface area contributed by atoms with E-state index in [1.54, 1.807) is 4.90 Å². The van der Waals surface area contributed by atoms with Crippen LogP contribution in [0, 0.1) is 0 Å². The van der Waals surface area contributed by atoms with E-state index in [9.17, 15) is 4.79 Å². The summed E-state index contributed by atoms with van der Waals surface area (Å²) >= 11 is 6.08. The van der Waals surface area contributed by atoms with Crippen LogP contribution >= 0.6 is 11.6 Å².